The van der Waals surface area contributed by atoms with Gasteiger partial charge in [-0.15, -0.1) is 0 Å². The van der Waals surface area contributed by atoms with Crippen molar-refractivity contribution in [1.82, 2.24) is 5.32 Å². The zero-order valence-electron chi connectivity index (χ0n) is 10.1. The lowest BCUT2D eigenvalue weighted by Crippen LogP contribution is -2.49. The van der Waals surface area contributed by atoms with Crippen LogP contribution < -0.4 is 10.1 Å². The number of hydrogen-bond acceptors (Lipinski definition) is 2. The molecule has 1 spiro atoms. The van der Waals surface area contributed by atoms with Crippen LogP contribution in [0.3, 0.4) is 0 Å². The largest absolute Gasteiger partial charge is 0.487 e. The fraction of sp³-hybridized carbons (Fsp3) is 0.571. The zero-order valence-corrected chi connectivity index (χ0v) is 11.7. The molecule has 1 fully saturated rings. The molecule has 0 aromatic heterocycles. The summed E-state index contributed by atoms with van der Waals surface area (Å²) in [4.78, 5) is 0. The van der Waals surface area contributed by atoms with Crippen LogP contribution in [-0.4, -0.2) is 12.1 Å². The van der Waals surface area contributed by atoms with Crippen LogP contribution in [0.1, 0.15) is 44.2 Å². The summed E-state index contributed by atoms with van der Waals surface area (Å²) in [6.45, 7) is 3.17. The zero-order chi connectivity index (χ0) is 11.9. The summed E-state index contributed by atoms with van der Waals surface area (Å²) in [5, 5.41) is 3.59. The summed E-state index contributed by atoms with van der Waals surface area (Å²) in [6, 6.07) is 6.80. The van der Waals surface area contributed by atoms with E-state index in [9.17, 15) is 0 Å². The van der Waals surface area contributed by atoms with Gasteiger partial charge in [-0.2, -0.15) is 0 Å². The minimum atomic E-state index is 0.133. The van der Waals surface area contributed by atoms with Gasteiger partial charge >= 0.3 is 0 Å². The van der Waals surface area contributed by atoms with Crippen LogP contribution in [0.25, 0.3) is 0 Å². The lowest BCUT2D eigenvalue weighted by Gasteiger charge is -2.48. The molecule has 1 unspecified atom stereocenters. The molecular weight excluding hydrogens is 278 g/mol. The lowest BCUT2D eigenvalue weighted by atomic mass is 9.73. The summed E-state index contributed by atoms with van der Waals surface area (Å²) in [5.74, 6) is 1.07. The van der Waals surface area contributed by atoms with Gasteiger partial charge in [-0.1, -0.05) is 22.9 Å². The average Bonchev–Trinajstić information content (AvgIpc) is 2.28. The highest BCUT2D eigenvalue weighted by Crippen LogP contribution is 2.49. The Balaban J connectivity index is 1.96. The number of benzene rings is 1. The van der Waals surface area contributed by atoms with Gasteiger partial charge in [0.15, 0.2) is 0 Å². The van der Waals surface area contributed by atoms with Crippen LogP contribution in [0, 0.1) is 0 Å². The Bertz CT molecular complexity index is 428. The third kappa shape index (κ3) is 2.00. The molecule has 0 radical (unpaired) electrons. The molecule has 17 heavy (non-hydrogen) atoms. The van der Waals surface area contributed by atoms with Crippen molar-refractivity contribution in [2.45, 2.75) is 44.2 Å². The number of halogens is 1. The minimum Gasteiger partial charge on any atom is -0.487 e. The smallest absolute Gasteiger partial charge is 0.125 e. The van der Waals surface area contributed by atoms with Crippen molar-refractivity contribution < 1.29 is 4.74 Å². The van der Waals surface area contributed by atoms with Crippen molar-refractivity contribution in [3.8, 4) is 5.75 Å². The van der Waals surface area contributed by atoms with Crippen molar-refractivity contribution in [1.29, 1.82) is 0 Å². The molecule has 0 bridgehead atoms. The monoisotopic (exact) mass is 295 g/mol. The number of hydrogen-bond donors (Lipinski definition) is 1. The molecule has 1 aliphatic carbocycles. The van der Waals surface area contributed by atoms with E-state index in [2.05, 4.69) is 46.4 Å². The van der Waals surface area contributed by atoms with Crippen LogP contribution in [-0.2, 0) is 0 Å². The number of fused-ring (bicyclic) bond motifs is 1. The fourth-order valence-electron chi connectivity index (χ4n) is 2.95. The summed E-state index contributed by atoms with van der Waals surface area (Å²) < 4.78 is 7.36. The first kappa shape index (κ1) is 11.5. The highest BCUT2D eigenvalue weighted by atomic mass is 79.9. The fourth-order valence-corrected chi connectivity index (χ4v) is 3.33. The quantitative estimate of drug-likeness (QED) is 0.896. The average molecular weight is 296 g/mol. The van der Waals surface area contributed by atoms with E-state index in [1.54, 1.807) is 0 Å². The molecule has 1 aromatic carbocycles. The first-order valence-corrected chi connectivity index (χ1v) is 7.24. The van der Waals surface area contributed by atoms with Crippen molar-refractivity contribution in [2.75, 3.05) is 6.54 Å². The van der Waals surface area contributed by atoms with Crippen LogP contribution in [0.5, 0.6) is 5.75 Å². The molecule has 0 amide bonds. The number of nitrogens with one attached hydrogen (secondary N) is 1. The Kier molecular flexibility index (Phi) is 2.91. The van der Waals surface area contributed by atoms with Gasteiger partial charge in [0.2, 0.25) is 0 Å². The maximum absolute atomic E-state index is 6.23. The summed E-state index contributed by atoms with van der Waals surface area (Å²) in [7, 11) is 0. The van der Waals surface area contributed by atoms with Crippen LogP contribution in [0.15, 0.2) is 22.7 Å². The van der Waals surface area contributed by atoms with Crippen molar-refractivity contribution in [3.05, 3.63) is 28.2 Å². The Morgan fingerprint density at radius 3 is 2.94 bits per heavy atom. The highest BCUT2D eigenvalue weighted by Gasteiger charge is 2.45. The van der Waals surface area contributed by atoms with Gasteiger partial charge in [0, 0.05) is 22.5 Å². The second-order valence-corrected chi connectivity index (χ2v) is 6.05. The molecule has 1 aromatic rings. The van der Waals surface area contributed by atoms with Crippen molar-refractivity contribution in [2.24, 2.45) is 0 Å². The maximum atomic E-state index is 6.23. The van der Waals surface area contributed by atoms with Crippen molar-refractivity contribution >= 4 is 15.9 Å². The van der Waals surface area contributed by atoms with Gasteiger partial charge in [0.25, 0.3) is 0 Å². The normalized spacial score (nSPS) is 24.9. The predicted octanol–water partition coefficient (Wildman–Crippen LogP) is 3.80. The van der Waals surface area contributed by atoms with E-state index in [-0.39, 0.29) is 5.60 Å². The predicted molar refractivity (Wildman–Crippen MR) is 72.4 cm³/mol. The molecular formula is C14H18BrNO. The topological polar surface area (TPSA) is 21.3 Å². The molecule has 0 saturated heterocycles. The standard InChI is InChI=1S/C14H18BrNO/c1-2-16-12-9-14(6-3-7-14)17-13-5-4-10(15)8-11(12)13/h4-5,8,12,16H,2-3,6-7,9H2,1H3. The summed E-state index contributed by atoms with van der Waals surface area (Å²) >= 11 is 3.55. The van der Waals surface area contributed by atoms with E-state index in [1.807, 2.05) is 0 Å². The van der Waals surface area contributed by atoms with E-state index in [4.69, 9.17) is 4.74 Å². The van der Waals surface area contributed by atoms with E-state index in [1.165, 1.54) is 24.8 Å². The second-order valence-electron chi connectivity index (χ2n) is 5.14. The van der Waals surface area contributed by atoms with Crippen LogP contribution in [0.2, 0.25) is 0 Å². The molecule has 1 aliphatic heterocycles. The SMILES string of the molecule is CCNC1CC2(CCC2)Oc2ccc(Br)cc21. The Morgan fingerprint density at radius 2 is 2.29 bits per heavy atom. The van der Waals surface area contributed by atoms with Gasteiger partial charge < -0.3 is 10.1 Å². The first-order valence-electron chi connectivity index (χ1n) is 6.44. The van der Waals surface area contributed by atoms with E-state index in [0.717, 1.165) is 23.2 Å². The molecule has 1 N–H and O–H groups in total. The minimum absolute atomic E-state index is 0.133. The summed E-state index contributed by atoms with van der Waals surface area (Å²) in [6.07, 6.45) is 4.85. The van der Waals surface area contributed by atoms with Gasteiger partial charge in [0.05, 0.1) is 0 Å². The molecule has 3 heteroatoms. The molecule has 1 saturated carbocycles. The molecule has 92 valence electrons. The van der Waals surface area contributed by atoms with Gasteiger partial charge in [0.1, 0.15) is 11.4 Å². The molecule has 2 aliphatic rings. The Labute approximate surface area is 111 Å². The van der Waals surface area contributed by atoms with E-state index < -0.39 is 0 Å². The van der Waals surface area contributed by atoms with Crippen molar-refractivity contribution in [3.63, 3.8) is 0 Å². The van der Waals surface area contributed by atoms with Crippen LogP contribution in [0.4, 0.5) is 0 Å². The summed E-state index contributed by atoms with van der Waals surface area (Å²) in [5.41, 5.74) is 1.44. The molecule has 1 heterocycles. The Hall–Kier alpha value is -0.540. The van der Waals surface area contributed by atoms with E-state index >= 15 is 0 Å². The van der Waals surface area contributed by atoms with Gasteiger partial charge in [-0.25, -0.2) is 0 Å². The molecule has 2 nitrogen and oxygen atoms in total. The van der Waals surface area contributed by atoms with E-state index in [0.29, 0.717) is 6.04 Å². The lowest BCUT2D eigenvalue weighted by molar-refractivity contribution is -0.0367. The highest BCUT2D eigenvalue weighted by molar-refractivity contribution is 9.10. The van der Waals surface area contributed by atoms with Gasteiger partial charge in [-0.05, 0) is 44.0 Å². The third-order valence-electron chi connectivity index (χ3n) is 3.97. The number of rotatable bonds is 2. The first-order chi connectivity index (χ1) is 8.22. The van der Waals surface area contributed by atoms with Crippen LogP contribution >= 0.6 is 15.9 Å². The second kappa shape index (κ2) is 4.29. The number of ether oxygens (including phenoxy) is 1. The maximum Gasteiger partial charge on any atom is 0.125 e. The Morgan fingerprint density at radius 1 is 1.47 bits per heavy atom. The molecule has 3 rings (SSSR count). The molecule has 1 atom stereocenters. The van der Waals surface area contributed by atoms with Gasteiger partial charge in [-0.3, -0.25) is 0 Å². The third-order valence-corrected chi connectivity index (χ3v) is 4.46.